The standard InChI is InChI=1S/C10H9N3O5/c1-6(10(15)16)11-12-9(14)7-2-4-8(5-3-7)13(17)18/h2-5H,1H3,(H,12,14)(H,15,16)/b11-6-. The lowest BCUT2D eigenvalue weighted by atomic mass is 10.2. The number of carboxylic acid groups (broad SMARTS) is 1. The fraction of sp³-hybridized carbons (Fsp3) is 0.100. The number of carbonyl (C=O) groups excluding carboxylic acids is 1. The molecular formula is C10H9N3O5. The number of benzene rings is 1. The molecule has 0 aliphatic rings. The minimum absolute atomic E-state index is 0.141. The van der Waals surface area contributed by atoms with Crippen molar-refractivity contribution in [3.63, 3.8) is 0 Å². The highest BCUT2D eigenvalue weighted by atomic mass is 16.6. The Morgan fingerprint density at radius 3 is 2.33 bits per heavy atom. The third-order valence-electron chi connectivity index (χ3n) is 1.97. The van der Waals surface area contributed by atoms with E-state index in [2.05, 4.69) is 5.10 Å². The van der Waals surface area contributed by atoms with Gasteiger partial charge in [-0.1, -0.05) is 0 Å². The van der Waals surface area contributed by atoms with Crippen molar-refractivity contribution in [1.82, 2.24) is 5.43 Å². The van der Waals surface area contributed by atoms with Crippen molar-refractivity contribution >= 4 is 23.3 Å². The molecule has 94 valence electrons. The lowest BCUT2D eigenvalue weighted by Crippen LogP contribution is -2.21. The molecule has 0 heterocycles. The van der Waals surface area contributed by atoms with E-state index in [1.54, 1.807) is 0 Å². The van der Waals surface area contributed by atoms with Crippen LogP contribution in [0.4, 0.5) is 5.69 Å². The van der Waals surface area contributed by atoms with E-state index in [-0.39, 0.29) is 17.0 Å². The van der Waals surface area contributed by atoms with Crippen molar-refractivity contribution in [3.05, 3.63) is 39.9 Å². The van der Waals surface area contributed by atoms with Crippen LogP contribution in [0.5, 0.6) is 0 Å². The zero-order valence-electron chi connectivity index (χ0n) is 9.28. The molecule has 0 aliphatic heterocycles. The summed E-state index contributed by atoms with van der Waals surface area (Å²) in [5, 5.41) is 22.2. The van der Waals surface area contributed by atoms with Crippen molar-refractivity contribution < 1.29 is 19.6 Å². The Morgan fingerprint density at radius 2 is 1.89 bits per heavy atom. The molecule has 0 radical (unpaired) electrons. The highest BCUT2D eigenvalue weighted by molar-refractivity contribution is 6.34. The van der Waals surface area contributed by atoms with Crippen LogP contribution < -0.4 is 5.43 Å². The van der Waals surface area contributed by atoms with E-state index in [9.17, 15) is 19.7 Å². The number of nitro groups is 1. The molecule has 0 saturated carbocycles. The molecule has 0 aliphatic carbocycles. The molecule has 0 aromatic heterocycles. The van der Waals surface area contributed by atoms with Crippen molar-refractivity contribution in [3.8, 4) is 0 Å². The van der Waals surface area contributed by atoms with Gasteiger partial charge in [-0.3, -0.25) is 14.9 Å². The van der Waals surface area contributed by atoms with Crippen LogP contribution in [-0.2, 0) is 4.79 Å². The van der Waals surface area contributed by atoms with Gasteiger partial charge in [0.1, 0.15) is 5.71 Å². The molecule has 0 fully saturated rings. The van der Waals surface area contributed by atoms with E-state index in [4.69, 9.17) is 5.11 Å². The summed E-state index contributed by atoms with van der Waals surface area (Å²) in [4.78, 5) is 31.7. The molecule has 0 saturated heterocycles. The van der Waals surface area contributed by atoms with E-state index in [0.29, 0.717) is 0 Å². The predicted molar refractivity (Wildman–Crippen MR) is 61.3 cm³/mol. The zero-order valence-corrected chi connectivity index (χ0v) is 9.28. The van der Waals surface area contributed by atoms with Gasteiger partial charge in [0.25, 0.3) is 11.6 Å². The number of nitrogens with zero attached hydrogens (tertiary/aromatic N) is 2. The normalized spacial score (nSPS) is 10.8. The van der Waals surface area contributed by atoms with E-state index >= 15 is 0 Å². The molecule has 0 unspecified atom stereocenters. The van der Waals surface area contributed by atoms with Crippen LogP contribution in [0.15, 0.2) is 29.4 Å². The molecule has 0 spiro atoms. The van der Waals surface area contributed by atoms with Crippen molar-refractivity contribution in [1.29, 1.82) is 0 Å². The highest BCUT2D eigenvalue weighted by Gasteiger charge is 2.09. The molecule has 2 N–H and O–H groups in total. The first-order valence-corrected chi connectivity index (χ1v) is 4.74. The summed E-state index contributed by atoms with van der Waals surface area (Å²) >= 11 is 0. The summed E-state index contributed by atoms with van der Waals surface area (Å²) in [7, 11) is 0. The minimum atomic E-state index is -1.25. The summed E-state index contributed by atoms with van der Waals surface area (Å²) in [5.41, 5.74) is 1.75. The second kappa shape index (κ2) is 5.53. The van der Waals surface area contributed by atoms with Crippen LogP contribution in [0.2, 0.25) is 0 Å². The average molecular weight is 251 g/mol. The molecule has 1 aromatic rings. The number of hydrogen-bond acceptors (Lipinski definition) is 5. The zero-order chi connectivity index (χ0) is 13.7. The van der Waals surface area contributed by atoms with Gasteiger partial charge >= 0.3 is 5.97 Å². The summed E-state index contributed by atoms with van der Waals surface area (Å²) in [5.74, 6) is -1.90. The number of carbonyl (C=O) groups is 2. The minimum Gasteiger partial charge on any atom is -0.477 e. The molecule has 1 amide bonds. The number of nitrogens with one attached hydrogen (secondary N) is 1. The van der Waals surface area contributed by atoms with Gasteiger partial charge in [-0.15, -0.1) is 0 Å². The number of rotatable bonds is 4. The Labute approximate surface area is 101 Å². The maximum absolute atomic E-state index is 11.5. The van der Waals surface area contributed by atoms with Crippen LogP contribution in [0, 0.1) is 10.1 Å². The van der Waals surface area contributed by atoms with E-state index in [1.807, 2.05) is 5.43 Å². The monoisotopic (exact) mass is 251 g/mol. The fourth-order valence-electron chi connectivity index (χ4n) is 0.982. The molecule has 18 heavy (non-hydrogen) atoms. The number of hydrogen-bond donors (Lipinski definition) is 2. The lowest BCUT2D eigenvalue weighted by molar-refractivity contribution is -0.384. The Morgan fingerprint density at radius 1 is 1.33 bits per heavy atom. The third-order valence-corrected chi connectivity index (χ3v) is 1.97. The van der Waals surface area contributed by atoms with Gasteiger partial charge in [-0.05, 0) is 19.1 Å². The number of carboxylic acids is 1. The first-order chi connectivity index (χ1) is 8.41. The van der Waals surface area contributed by atoms with Gasteiger partial charge in [-0.2, -0.15) is 5.10 Å². The summed E-state index contributed by atoms with van der Waals surface area (Å²) < 4.78 is 0. The van der Waals surface area contributed by atoms with Gasteiger partial charge in [0.2, 0.25) is 0 Å². The second-order valence-electron chi connectivity index (χ2n) is 3.25. The lowest BCUT2D eigenvalue weighted by Gasteiger charge is -2.00. The molecule has 1 rings (SSSR count). The second-order valence-corrected chi connectivity index (χ2v) is 3.25. The highest BCUT2D eigenvalue weighted by Crippen LogP contribution is 2.11. The maximum Gasteiger partial charge on any atom is 0.351 e. The van der Waals surface area contributed by atoms with Crippen LogP contribution in [0.25, 0.3) is 0 Å². The summed E-state index contributed by atoms with van der Waals surface area (Å²) in [6, 6.07) is 4.84. The Kier molecular flexibility index (Phi) is 4.08. The number of non-ortho nitro benzene ring substituents is 1. The van der Waals surface area contributed by atoms with Crippen molar-refractivity contribution in [2.75, 3.05) is 0 Å². The SMILES string of the molecule is C/C(=N/NC(=O)c1ccc([N+](=O)[O-])cc1)C(=O)O. The van der Waals surface area contributed by atoms with Crippen LogP contribution in [0.1, 0.15) is 17.3 Å². The van der Waals surface area contributed by atoms with Crippen molar-refractivity contribution in [2.45, 2.75) is 6.92 Å². The van der Waals surface area contributed by atoms with E-state index < -0.39 is 16.8 Å². The average Bonchev–Trinajstić information content (AvgIpc) is 2.35. The third kappa shape index (κ3) is 3.37. The largest absolute Gasteiger partial charge is 0.477 e. The number of hydrazone groups is 1. The topological polar surface area (TPSA) is 122 Å². The molecule has 8 heteroatoms. The number of amides is 1. The number of aliphatic carboxylic acids is 1. The smallest absolute Gasteiger partial charge is 0.351 e. The fourth-order valence-corrected chi connectivity index (χ4v) is 0.982. The van der Waals surface area contributed by atoms with Crippen LogP contribution >= 0.6 is 0 Å². The maximum atomic E-state index is 11.5. The van der Waals surface area contributed by atoms with Crippen molar-refractivity contribution in [2.24, 2.45) is 5.10 Å². The Balaban J connectivity index is 2.76. The van der Waals surface area contributed by atoms with E-state index in [1.165, 1.54) is 31.2 Å². The van der Waals surface area contributed by atoms with Crippen LogP contribution in [0.3, 0.4) is 0 Å². The first kappa shape index (κ1) is 13.3. The predicted octanol–water partition coefficient (Wildman–Crippen LogP) is 0.785. The van der Waals surface area contributed by atoms with Gasteiger partial charge in [-0.25, -0.2) is 10.2 Å². The number of nitro benzene ring substituents is 1. The van der Waals surface area contributed by atoms with Gasteiger partial charge in [0, 0.05) is 17.7 Å². The molecule has 0 atom stereocenters. The van der Waals surface area contributed by atoms with Gasteiger partial charge in [0.15, 0.2) is 0 Å². The summed E-state index contributed by atoms with van der Waals surface area (Å²) in [6.45, 7) is 1.22. The summed E-state index contributed by atoms with van der Waals surface area (Å²) in [6.07, 6.45) is 0. The molecule has 8 nitrogen and oxygen atoms in total. The molecular weight excluding hydrogens is 242 g/mol. The quantitative estimate of drug-likeness (QED) is 0.465. The van der Waals surface area contributed by atoms with Gasteiger partial charge in [0.05, 0.1) is 4.92 Å². The first-order valence-electron chi connectivity index (χ1n) is 4.74. The van der Waals surface area contributed by atoms with Gasteiger partial charge < -0.3 is 5.11 Å². The Hall–Kier alpha value is -2.77. The molecule has 1 aromatic carbocycles. The van der Waals surface area contributed by atoms with E-state index in [0.717, 1.165) is 0 Å². The van der Waals surface area contributed by atoms with Crippen LogP contribution in [-0.4, -0.2) is 27.6 Å². The Bertz CT molecular complexity index is 521. The molecule has 0 bridgehead atoms.